The molecule has 1 aromatic carbocycles. The van der Waals surface area contributed by atoms with E-state index in [0.717, 1.165) is 18.4 Å². The van der Waals surface area contributed by atoms with Crippen molar-refractivity contribution >= 4 is 33.0 Å². The molecule has 0 spiro atoms. The molecule has 2 N–H and O–H groups in total. The van der Waals surface area contributed by atoms with Gasteiger partial charge in [-0.05, 0) is 31.5 Å². The fourth-order valence-electron chi connectivity index (χ4n) is 1.33. The van der Waals surface area contributed by atoms with Crippen LogP contribution in [0.5, 0.6) is 0 Å². The highest BCUT2D eigenvalue weighted by Gasteiger charge is 2.06. The molecule has 1 atom stereocenters. The summed E-state index contributed by atoms with van der Waals surface area (Å²) < 4.78 is 24.7. The Morgan fingerprint density at radius 2 is 1.88 bits per heavy atom. The van der Waals surface area contributed by atoms with E-state index in [9.17, 15) is 8.42 Å². The Balaban J connectivity index is 2.94. The third-order valence-corrected chi connectivity index (χ3v) is 3.05. The van der Waals surface area contributed by atoms with E-state index in [0.29, 0.717) is 16.8 Å². The maximum atomic E-state index is 11.1. The largest absolute Gasteiger partial charge is 0.382 e. The number of rotatable bonds is 5. The zero-order valence-electron chi connectivity index (χ0n) is 10.1. The highest BCUT2D eigenvalue weighted by Crippen LogP contribution is 2.24. The normalized spacial score (nSPS) is 13.2. The molecule has 0 bridgehead atoms. The predicted octanol–water partition coefficient (Wildman–Crippen LogP) is 2.92. The Hall–Kier alpha value is -0.940. The average molecular weight is 277 g/mol. The second-order valence-electron chi connectivity index (χ2n) is 4.06. The number of halogens is 1. The topological polar surface area (TPSA) is 58.2 Å². The van der Waals surface area contributed by atoms with E-state index in [1.165, 1.54) is 0 Å². The zero-order chi connectivity index (χ0) is 13.1. The van der Waals surface area contributed by atoms with Gasteiger partial charge in [-0.2, -0.15) is 0 Å². The van der Waals surface area contributed by atoms with Crippen molar-refractivity contribution < 1.29 is 8.42 Å². The number of hydrogen-bond donors (Lipinski definition) is 2. The number of benzene rings is 1. The molecule has 0 heterocycles. The van der Waals surface area contributed by atoms with Crippen LogP contribution < -0.4 is 10.0 Å². The Morgan fingerprint density at radius 3 is 2.41 bits per heavy atom. The predicted molar refractivity (Wildman–Crippen MR) is 73.3 cm³/mol. The monoisotopic (exact) mass is 276 g/mol. The lowest BCUT2D eigenvalue weighted by molar-refractivity contribution is 0.607. The fourth-order valence-corrected chi connectivity index (χ4v) is 2.11. The maximum Gasteiger partial charge on any atom is 0.229 e. The van der Waals surface area contributed by atoms with Crippen LogP contribution in [0.2, 0.25) is 5.02 Å². The van der Waals surface area contributed by atoms with Crippen molar-refractivity contribution in [2.24, 2.45) is 0 Å². The molecular formula is C11H17ClN2O2S. The number of nitrogens with one attached hydrogen (secondary N) is 2. The first-order chi connectivity index (χ1) is 7.80. The zero-order valence-corrected chi connectivity index (χ0v) is 11.7. The lowest BCUT2D eigenvalue weighted by Crippen LogP contribution is -2.14. The first-order valence-electron chi connectivity index (χ1n) is 5.35. The summed E-state index contributed by atoms with van der Waals surface area (Å²) in [6.07, 6.45) is 2.08. The lowest BCUT2D eigenvalue weighted by atomic mass is 10.2. The highest BCUT2D eigenvalue weighted by molar-refractivity contribution is 7.92. The van der Waals surface area contributed by atoms with E-state index in [-0.39, 0.29) is 0 Å². The first-order valence-corrected chi connectivity index (χ1v) is 7.62. The van der Waals surface area contributed by atoms with Crippen molar-refractivity contribution in [1.82, 2.24) is 0 Å². The molecule has 1 rings (SSSR count). The van der Waals surface area contributed by atoms with Gasteiger partial charge >= 0.3 is 0 Å². The molecule has 17 heavy (non-hydrogen) atoms. The summed E-state index contributed by atoms with van der Waals surface area (Å²) in [6.45, 7) is 4.11. The van der Waals surface area contributed by atoms with Crippen molar-refractivity contribution in [2.45, 2.75) is 26.3 Å². The van der Waals surface area contributed by atoms with Crippen LogP contribution in [-0.2, 0) is 10.0 Å². The lowest BCUT2D eigenvalue weighted by Gasteiger charge is -2.14. The van der Waals surface area contributed by atoms with Crippen LogP contribution in [0.1, 0.15) is 20.3 Å². The highest BCUT2D eigenvalue weighted by atomic mass is 35.5. The van der Waals surface area contributed by atoms with Crippen molar-refractivity contribution in [3.8, 4) is 0 Å². The molecule has 0 saturated carbocycles. The van der Waals surface area contributed by atoms with E-state index in [4.69, 9.17) is 11.6 Å². The smallest absolute Gasteiger partial charge is 0.229 e. The quantitative estimate of drug-likeness (QED) is 0.869. The van der Waals surface area contributed by atoms with Gasteiger partial charge in [-0.1, -0.05) is 18.5 Å². The molecule has 0 aliphatic heterocycles. The minimum absolute atomic E-state index is 0.305. The van der Waals surface area contributed by atoms with Crippen LogP contribution in [0, 0.1) is 0 Å². The summed E-state index contributed by atoms with van der Waals surface area (Å²) in [5, 5.41) is 3.73. The van der Waals surface area contributed by atoms with Gasteiger partial charge in [0.25, 0.3) is 0 Å². The van der Waals surface area contributed by atoms with Crippen LogP contribution in [0.25, 0.3) is 0 Å². The van der Waals surface area contributed by atoms with E-state index in [1.54, 1.807) is 18.2 Å². The van der Waals surface area contributed by atoms with Crippen molar-refractivity contribution in [3.05, 3.63) is 23.2 Å². The van der Waals surface area contributed by atoms with E-state index in [1.807, 2.05) is 6.92 Å². The minimum atomic E-state index is -3.28. The van der Waals surface area contributed by atoms with E-state index in [2.05, 4.69) is 17.0 Å². The van der Waals surface area contributed by atoms with Gasteiger partial charge in [0.15, 0.2) is 0 Å². The molecule has 96 valence electrons. The van der Waals surface area contributed by atoms with Crippen molar-refractivity contribution in [2.75, 3.05) is 16.3 Å². The van der Waals surface area contributed by atoms with Crippen molar-refractivity contribution in [3.63, 3.8) is 0 Å². The van der Waals surface area contributed by atoms with Crippen LogP contribution in [0.3, 0.4) is 0 Å². The first kappa shape index (κ1) is 14.1. The third-order valence-electron chi connectivity index (χ3n) is 2.23. The third kappa shape index (κ3) is 5.28. The molecule has 6 heteroatoms. The molecular weight excluding hydrogens is 260 g/mol. The number of hydrogen-bond acceptors (Lipinski definition) is 3. The van der Waals surface area contributed by atoms with Crippen LogP contribution in [0.15, 0.2) is 18.2 Å². The molecule has 4 nitrogen and oxygen atoms in total. The van der Waals surface area contributed by atoms with Gasteiger partial charge in [0.1, 0.15) is 0 Å². The minimum Gasteiger partial charge on any atom is -0.382 e. The van der Waals surface area contributed by atoms with Gasteiger partial charge in [-0.15, -0.1) is 0 Å². The standard InChI is InChI=1S/C11H17ClN2O2S/c1-4-8(2)13-10-5-9(12)6-11(7-10)14-17(3,15)16/h5-8,13-14H,4H2,1-3H3. The van der Waals surface area contributed by atoms with Gasteiger partial charge in [-0.25, -0.2) is 8.42 Å². The van der Waals surface area contributed by atoms with Crippen LogP contribution in [0.4, 0.5) is 11.4 Å². The molecule has 1 unspecified atom stereocenters. The Morgan fingerprint density at radius 1 is 1.29 bits per heavy atom. The second kappa shape index (κ2) is 5.60. The number of sulfonamides is 1. The summed E-state index contributed by atoms with van der Waals surface area (Å²) in [4.78, 5) is 0. The molecule has 0 saturated heterocycles. The average Bonchev–Trinajstić information content (AvgIpc) is 2.13. The SMILES string of the molecule is CCC(C)Nc1cc(Cl)cc(NS(C)(=O)=O)c1. The number of anilines is 2. The molecule has 0 aromatic heterocycles. The molecule has 0 radical (unpaired) electrons. The van der Waals surface area contributed by atoms with Gasteiger partial charge in [0, 0.05) is 16.8 Å². The molecule has 0 fully saturated rings. The fraction of sp³-hybridized carbons (Fsp3) is 0.455. The Kier molecular flexibility index (Phi) is 4.65. The molecule has 1 aromatic rings. The summed E-state index contributed by atoms with van der Waals surface area (Å²) in [7, 11) is -3.28. The Bertz CT molecular complexity index is 488. The summed E-state index contributed by atoms with van der Waals surface area (Å²) in [5.41, 5.74) is 1.27. The van der Waals surface area contributed by atoms with Crippen molar-refractivity contribution in [1.29, 1.82) is 0 Å². The maximum absolute atomic E-state index is 11.1. The van der Waals surface area contributed by atoms with Crippen LogP contribution in [-0.4, -0.2) is 20.7 Å². The summed E-state index contributed by atoms with van der Waals surface area (Å²) in [5.74, 6) is 0. The molecule has 0 aliphatic rings. The van der Waals surface area contributed by atoms with Crippen LogP contribution >= 0.6 is 11.6 Å². The summed E-state index contributed by atoms with van der Waals surface area (Å²) >= 11 is 5.93. The second-order valence-corrected chi connectivity index (χ2v) is 6.24. The van der Waals surface area contributed by atoms with E-state index < -0.39 is 10.0 Å². The van der Waals surface area contributed by atoms with Gasteiger partial charge in [-0.3, -0.25) is 4.72 Å². The molecule has 0 aliphatic carbocycles. The molecule has 0 amide bonds. The summed E-state index contributed by atoms with van der Waals surface area (Å²) in [6, 6.07) is 5.37. The van der Waals surface area contributed by atoms with Gasteiger partial charge in [0.05, 0.1) is 11.9 Å². The van der Waals surface area contributed by atoms with E-state index >= 15 is 0 Å². The van der Waals surface area contributed by atoms with Gasteiger partial charge < -0.3 is 5.32 Å². The van der Waals surface area contributed by atoms with Gasteiger partial charge in [0.2, 0.25) is 10.0 Å². The Labute approximate surface area is 107 Å².